The zero-order chi connectivity index (χ0) is 11.4. The first kappa shape index (κ1) is 11.2. The lowest BCUT2D eigenvalue weighted by atomic mass is 9.96. The highest BCUT2D eigenvalue weighted by Crippen LogP contribution is 2.18. The van der Waals surface area contributed by atoms with Gasteiger partial charge in [0, 0.05) is 6.04 Å². The van der Waals surface area contributed by atoms with Gasteiger partial charge in [-0.2, -0.15) is 0 Å². The molecule has 0 saturated heterocycles. The van der Waals surface area contributed by atoms with Crippen molar-refractivity contribution in [3.63, 3.8) is 0 Å². The molecule has 2 rings (SSSR count). The fourth-order valence-corrected chi connectivity index (χ4v) is 2.22. The van der Waals surface area contributed by atoms with E-state index in [1.54, 1.807) is 6.08 Å². The minimum absolute atomic E-state index is 0.0236. The molecule has 1 amide bonds. The third-order valence-corrected chi connectivity index (χ3v) is 3.08. The molecule has 1 N–H and O–H groups in total. The Morgan fingerprint density at radius 2 is 2.06 bits per heavy atom. The summed E-state index contributed by atoms with van der Waals surface area (Å²) in [6, 6.07) is 0.252. The molecule has 16 heavy (non-hydrogen) atoms. The number of carbonyl (C=O) groups is 2. The minimum atomic E-state index is -0.392. The minimum Gasteiger partial charge on any atom is -0.442 e. The van der Waals surface area contributed by atoms with E-state index in [9.17, 15) is 9.59 Å². The van der Waals surface area contributed by atoms with Crippen LogP contribution in [0.15, 0.2) is 12.2 Å². The number of ether oxygens (including phenoxy) is 1. The molecule has 0 aromatic heterocycles. The van der Waals surface area contributed by atoms with Gasteiger partial charge in [-0.15, -0.1) is 0 Å². The number of amides is 1. The predicted octanol–water partition coefficient (Wildman–Crippen LogP) is 1.94. The van der Waals surface area contributed by atoms with Crippen LogP contribution in [0.5, 0.6) is 0 Å². The number of alkyl carbamates (subject to hydrolysis) is 1. The average Bonchev–Trinajstić information content (AvgIpc) is 2.65. The zero-order valence-corrected chi connectivity index (χ0v) is 9.28. The second kappa shape index (κ2) is 5.14. The molecule has 88 valence electrons. The molecule has 0 heterocycles. The molecule has 0 aromatic rings. The van der Waals surface area contributed by atoms with E-state index < -0.39 is 6.09 Å². The number of carbonyl (C=O) groups excluding carboxylic acids is 2. The van der Waals surface area contributed by atoms with E-state index in [1.165, 1.54) is 25.3 Å². The van der Waals surface area contributed by atoms with Gasteiger partial charge in [0.1, 0.15) is 6.10 Å². The normalized spacial score (nSPS) is 25.8. The summed E-state index contributed by atoms with van der Waals surface area (Å²) < 4.78 is 5.13. The second-order valence-electron chi connectivity index (χ2n) is 4.45. The van der Waals surface area contributed by atoms with Crippen molar-refractivity contribution in [1.82, 2.24) is 5.32 Å². The van der Waals surface area contributed by atoms with Crippen molar-refractivity contribution in [2.24, 2.45) is 0 Å². The Morgan fingerprint density at radius 1 is 1.31 bits per heavy atom. The van der Waals surface area contributed by atoms with Crippen molar-refractivity contribution in [2.75, 3.05) is 0 Å². The largest absolute Gasteiger partial charge is 0.442 e. The molecule has 1 atom stereocenters. The summed E-state index contributed by atoms with van der Waals surface area (Å²) >= 11 is 0. The van der Waals surface area contributed by atoms with E-state index in [0.29, 0.717) is 0 Å². The molecule has 0 spiro atoms. The third-order valence-electron chi connectivity index (χ3n) is 3.08. The Labute approximate surface area is 95.0 Å². The molecule has 4 heteroatoms. The predicted molar refractivity (Wildman–Crippen MR) is 59.0 cm³/mol. The first-order chi connectivity index (χ1) is 7.74. The van der Waals surface area contributed by atoms with Gasteiger partial charge >= 0.3 is 6.09 Å². The van der Waals surface area contributed by atoms with Gasteiger partial charge in [0.05, 0.1) is 6.42 Å². The van der Waals surface area contributed by atoms with Crippen molar-refractivity contribution in [2.45, 2.75) is 50.7 Å². The molecule has 0 radical (unpaired) electrons. The van der Waals surface area contributed by atoms with E-state index in [4.69, 9.17) is 4.74 Å². The molecular weight excluding hydrogens is 206 g/mol. The molecule has 0 aliphatic heterocycles. The number of ketones is 1. The van der Waals surface area contributed by atoms with Gasteiger partial charge < -0.3 is 10.1 Å². The second-order valence-corrected chi connectivity index (χ2v) is 4.45. The standard InChI is InChI=1S/C12H17NO3/c14-10-6-7-11(8-10)16-12(15)13-9-4-2-1-3-5-9/h6-7,9,11H,1-5,8H2,(H,13,15). The Morgan fingerprint density at radius 3 is 2.69 bits per heavy atom. The first-order valence-electron chi connectivity index (χ1n) is 5.92. The summed E-state index contributed by atoms with van der Waals surface area (Å²) in [5, 5.41) is 2.85. The van der Waals surface area contributed by atoms with Crippen LogP contribution in [0.1, 0.15) is 38.5 Å². The van der Waals surface area contributed by atoms with Crippen molar-refractivity contribution in [1.29, 1.82) is 0 Å². The summed E-state index contributed by atoms with van der Waals surface area (Å²) in [6.45, 7) is 0. The maximum atomic E-state index is 11.5. The lowest BCUT2D eigenvalue weighted by Gasteiger charge is -2.23. The van der Waals surface area contributed by atoms with Crippen LogP contribution < -0.4 is 5.32 Å². The fourth-order valence-electron chi connectivity index (χ4n) is 2.22. The topological polar surface area (TPSA) is 55.4 Å². The highest BCUT2D eigenvalue weighted by molar-refractivity contribution is 5.93. The van der Waals surface area contributed by atoms with Crippen LogP contribution in [0.4, 0.5) is 4.79 Å². The highest BCUT2D eigenvalue weighted by atomic mass is 16.6. The number of hydrogen-bond donors (Lipinski definition) is 1. The third kappa shape index (κ3) is 3.08. The van der Waals surface area contributed by atoms with Crippen LogP contribution in [-0.2, 0) is 9.53 Å². The average molecular weight is 223 g/mol. The first-order valence-corrected chi connectivity index (χ1v) is 5.92. The lowest BCUT2D eigenvalue weighted by molar-refractivity contribution is -0.115. The summed E-state index contributed by atoms with van der Waals surface area (Å²) in [5.41, 5.74) is 0. The number of hydrogen-bond acceptors (Lipinski definition) is 3. The number of nitrogens with one attached hydrogen (secondary N) is 1. The van der Waals surface area contributed by atoms with Crippen LogP contribution in [0.25, 0.3) is 0 Å². The smallest absolute Gasteiger partial charge is 0.407 e. The van der Waals surface area contributed by atoms with E-state index in [-0.39, 0.29) is 24.3 Å². The molecule has 4 nitrogen and oxygen atoms in total. The number of rotatable bonds is 2. The van der Waals surface area contributed by atoms with Gasteiger partial charge in [-0.05, 0) is 25.0 Å². The van der Waals surface area contributed by atoms with Crippen LogP contribution in [0.3, 0.4) is 0 Å². The molecule has 0 aromatic carbocycles. The number of allylic oxidation sites excluding steroid dienone is 1. The summed E-state index contributed by atoms with van der Waals surface area (Å²) in [4.78, 5) is 22.4. The maximum absolute atomic E-state index is 11.5. The van der Waals surface area contributed by atoms with E-state index in [2.05, 4.69) is 5.32 Å². The Hall–Kier alpha value is -1.32. The van der Waals surface area contributed by atoms with Gasteiger partial charge in [-0.25, -0.2) is 4.79 Å². The van der Waals surface area contributed by atoms with E-state index in [1.807, 2.05) is 0 Å². The maximum Gasteiger partial charge on any atom is 0.407 e. The van der Waals surface area contributed by atoms with E-state index in [0.717, 1.165) is 12.8 Å². The van der Waals surface area contributed by atoms with E-state index >= 15 is 0 Å². The Balaban J connectivity index is 1.71. The van der Waals surface area contributed by atoms with Gasteiger partial charge in [0.15, 0.2) is 5.78 Å². The summed E-state index contributed by atoms with van der Waals surface area (Å²) in [7, 11) is 0. The molecular formula is C12H17NO3. The van der Waals surface area contributed by atoms with Gasteiger partial charge in [-0.1, -0.05) is 19.3 Å². The van der Waals surface area contributed by atoms with Gasteiger partial charge in [0.25, 0.3) is 0 Å². The monoisotopic (exact) mass is 223 g/mol. The molecule has 2 aliphatic carbocycles. The van der Waals surface area contributed by atoms with Crippen LogP contribution in [-0.4, -0.2) is 24.0 Å². The quantitative estimate of drug-likeness (QED) is 0.778. The van der Waals surface area contributed by atoms with Crippen molar-refractivity contribution >= 4 is 11.9 Å². The summed E-state index contributed by atoms with van der Waals surface area (Å²) in [6.07, 6.45) is 8.32. The molecule has 1 unspecified atom stereocenters. The van der Waals surface area contributed by atoms with Crippen molar-refractivity contribution in [3.05, 3.63) is 12.2 Å². The van der Waals surface area contributed by atoms with Crippen LogP contribution >= 0.6 is 0 Å². The van der Waals surface area contributed by atoms with Crippen molar-refractivity contribution in [3.8, 4) is 0 Å². The van der Waals surface area contributed by atoms with Crippen LogP contribution in [0, 0.1) is 0 Å². The SMILES string of the molecule is O=C1C=CC(OC(=O)NC2CCCCC2)C1. The Bertz CT molecular complexity index is 305. The van der Waals surface area contributed by atoms with Gasteiger partial charge in [-0.3, -0.25) is 4.79 Å². The van der Waals surface area contributed by atoms with Gasteiger partial charge in [0.2, 0.25) is 0 Å². The molecule has 1 fully saturated rings. The Kier molecular flexibility index (Phi) is 3.59. The highest BCUT2D eigenvalue weighted by Gasteiger charge is 2.22. The fraction of sp³-hybridized carbons (Fsp3) is 0.667. The van der Waals surface area contributed by atoms with Crippen LogP contribution in [0.2, 0.25) is 0 Å². The van der Waals surface area contributed by atoms with Crippen molar-refractivity contribution < 1.29 is 14.3 Å². The molecule has 1 saturated carbocycles. The molecule has 0 bridgehead atoms. The summed E-state index contributed by atoms with van der Waals surface area (Å²) in [5.74, 6) is 0.0236. The zero-order valence-electron chi connectivity index (χ0n) is 9.28. The lowest BCUT2D eigenvalue weighted by Crippen LogP contribution is -2.37. The molecule has 2 aliphatic rings.